The summed E-state index contributed by atoms with van der Waals surface area (Å²) in [5.74, 6) is 1.52. The van der Waals surface area contributed by atoms with Gasteiger partial charge in [0.2, 0.25) is 0 Å². The van der Waals surface area contributed by atoms with Crippen molar-refractivity contribution in [3.8, 4) is 28.3 Å². The van der Waals surface area contributed by atoms with Crippen molar-refractivity contribution >= 4 is 16.7 Å². The van der Waals surface area contributed by atoms with Gasteiger partial charge in [-0.25, -0.2) is 14.4 Å². The van der Waals surface area contributed by atoms with Crippen LogP contribution < -0.4 is 10.1 Å². The molecule has 6 heteroatoms. The number of aromatic nitrogens is 3. The molecule has 1 N–H and O–H groups in total. The van der Waals surface area contributed by atoms with Crippen molar-refractivity contribution in [3.63, 3.8) is 0 Å². The molecule has 0 aliphatic rings. The smallest absolute Gasteiger partial charge is 0.163 e. The molecule has 29 heavy (non-hydrogen) atoms. The lowest BCUT2D eigenvalue weighted by Gasteiger charge is -2.15. The van der Waals surface area contributed by atoms with Gasteiger partial charge in [0, 0.05) is 36.0 Å². The van der Waals surface area contributed by atoms with Gasteiger partial charge in [-0.15, -0.1) is 0 Å². The molecule has 2 aromatic heterocycles. The monoisotopic (exact) mass is 388 g/mol. The second kappa shape index (κ2) is 8.22. The third-order valence-corrected chi connectivity index (χ3v) is 4.57. The number of hydrogen-bond acceptors (Lipinski definition) is 5. The van der Waals surface area contributed by atoms with Crippen LogP contribution in [-0.2, 0) is 0 Å². The first-order valence-corrected chi connectivity index (χ1v) is 9.53. The Kier molecular flexibility index (Phi) is 5.33. The molecule has 0 bridgehead atoms. The van der Waals surface area contributed by atoms with Crippen molar-refractivity contribution < 1.29 is 9.13 Å². The number of ether oxygens (including phenoxy) is 1. The van der Waals surface area contributed by atoms with Gasteiger partial charge >= 0.3 is 0 Å². The van der Waals surface area contributed by atoms with Crippen LogP contribution in [0, 0.1) is 5.82 Å². The van der Waals surface area contributed by atoms with Crippen molar-refractivity contribution in [1.29, 1.82) is 0 Å². The molecule has 2 heterocycles. The highest BCUT2D eigenvalue weighted by atomic mass is 19.1. The normalized spacial score (nSPS) is 10.9. The van der Waals surface area contributed by atoms with E-state index >= 15 is 0 Å². The maximum atomic E-state index is 14.4. The second-order valence-electron chi connectivity index (χ2n) is 6.59. The highest BCUT2D eigenvalue weighted by molar-refractivity contribution is 5.97. The first-order valence-electron chi connectivity index (χ1n) is 9.53. The van der Waals surface area contributed by atoms with Crippen molar-refractivity contribution in [1.82, 2.24) is 15.0 Å². The van der Waals surface area contributed by atoms with Crippen LogP contribution in [-0.4, -0.2) is 28.6 Å². The summed E-state index contributed by atoms with van der Waals surface area (Å²) in [5.41, 5.74) is 2.72. The zero-order valence-corrected chi connectivity index (χ0v) is 16.3. The lowest BCUT2D eigenvalue weighted by molar-refractivity contribution is 0.320. The molecule has 4 aromatic rings. The summed E-state index contributed by atoms with van der Waals surface area (Å²) in [6, 6.07) is 14.2. The Labute approximate surface area is 168 Å². The Bertz CT molecular complexity index is 1150. The van der Waals surface area contributed by atoms with Crippen molar-refractivity contribution in [3.05, 3.63) is 66.7 Å². The van der Waals surface area contributed by atoms with Crippen LogP contribution >= 0.6 is 0 Å². The Balaban J connectivity index is 1.98. The van der Waals surface area contributed by atoms with E-state index in [4.69, 9.17) is 9.72 Å². The topological polar surface area (TPSA) is 59.9 Å². The number of hydrogen-bond donors (Lipinski definition) is 1. The maximum Gasteiger partial charge on any atom is 0.163 e. The predicted molar refractivity (Wildman–Crippen MR) is 113 cm³/mol. The van der Waals surface area contributed by atoms with E-state index in [2.05, 4.69) is 15.3 Å². The summed E-state index contributed by atoms with van der Waals surface area (Å²) in [5, 5.41) is 3.91. The molecule has 5 nitrogen and oxygen atoms in total. The number of anilines is 1. The Morgan fingerprint density at radius 2 is 1.90 bits per heavy atom. The van der Waals surface area contributed by atoms with Crippen molar-refractivity contribution in [2.75, 3.05) is 19.0 Å². The zero-order chi connectivity index (χ0) is 20.2. The number of fused-ring (bicyclic) bond motifs is 1. The van der Waals surface area contributed by atoms with E-state index in [1.54, 1.807) is 31.6 Å². The lowest BCUT2D eigenvalue weighted by atomic mass is 10.0. The first-order chi connectivity index (χ1) is 14.2. The van der Waals surface area contributed by atoms with Crippen LogP contribution in [0.4, 0.5) is 10.2 Å². The van der Waals surface area contributed by atoms with Gasteiger partial charge in [-0.2, -0.15) is 0 Å². The molecule has 0 saturated heterocycles. The molecular weight excluding hydrogens is 367 g/mol. The third kappa shape index (κ3) is 3.74. The van der Waals surface area contributed by atoms with Gasteiger partial charge in [0.05, 0.1) is 6.61 Å². The van der Waals surface area contributed by atoms with Crippen molar-refractivity contribution in [2.45, 2.75) is 13.3 Å². The lowest BCUT2D eigenvalue weighted by Crippen LogP contribution is -2.03. The predicted octanol–water partition coefficient (Wildman–Crippen LogP) is 5.33. The summed E-state index contributed by atoms with van der Waals surface area (Å²) in [4.78, 5) is 13.6. The second-order valence-corrected chi connectivity index (χ2v) is 6.59. The number of rotatable bonds is 6. The minimum atomic E-state index is -0.285. The molecule has 2 aromatic carbocycles. The molecule has 4 rings (SSSR count). The number of halogens is 1. The average Bonchev–Trinajstić information content (AvgIpc) is 2.77. The molecule has 0 fully saturated rings. The standard InChI is InChI=1S/C23H21FN4O/c1-3-11-29-20-13-16(17-8-4-5-9-19(17)24)12-18-21(20)27-22(28-23(18)25-2)15-7-6-10-26-14-15/h4-10,12-14H,3,11H2,1-2H3,(H,25,27,28). The molecule has 0 saturated carbocycles. The number of nitrogens with zero attached hydrogens (tertiary/aromatic N) is 3. The number of pyridine rings is 1. The summed E-state index contributed by atoms with van der Waals surface area (Å²) in [6.07, 6.45) is 4.28. The minimum Gasteiger partial charge on any atom is -0.491 e. The first kappa shape index (κ1) is 18.8. The summed E-state index contributed by atoms with van der Waals surface area (Å²) in [7, 11) is 1.80. The van der Waals surface area contributed by atoms with Crippen LogP contribution in [0.1, 0.15) is 13.3 Å². The van der Waals surface area contributed by atoms with E-state index < -0.39 is 0 Å². The SMILES string of the molecule is CCCOc1cc(-c2ccccc2F)cc2c(NC)nc(-c3cccnc3)nc12. The van der Waals surface area contributed by atoms with E-state index in [-0.39, 0.29) is 5.82 Å². The molecule has 0 amide bonds. The molecular formula is C23H21FN4O. The number of nitrogens with one attached hydrogen (secondary N) is 1. The van der Waals surface area contributed by atoms with Gasteiger partial charge in [-0.3, -0.25) is 4.98 Å². The summed E-state index contributed by atoms with van der Waals surface area (Å²) >= 11 is 0. The van der Waals surface area contributed by atoms with E-state index in [1.807, 2.05) is 37.3 Å². The van der Waals surface area contributed by atoms with E-state index in [0.717, 1.165) is 22.9 Å². The Morgan fingerprint density at radius 3 is 2.62 bits per heavy atom. The average molecular weight is 388 g/mol. The van der Waals surface area contributed by atoms with Gasteiger partial charge in [0.25, 0.3) is 0 Å². The summed E-state index contributed by atoms with van der Waals surface area (Å²) in [6.45, 7) is 2.58. The molecule has 0 atom stereocenters. The molecule has 0 aliphatic carbocycles. The largest absolute Gasteiger partial charge is 0.491 e. The van der Waals surface area contributed by atoms with Crippen LogP contribution in [0.25, 0.3) is 33.4 Å². The number of benzene rings is 2. The van der Waals surface area contributed by atoms with E-state index in [0.29, 0.717) is 35.1 Å². The molecule has 0 aliphatic heterocycles. The minimum absolute atomic E-state index is 0.285. The molecule has 0 radical (unpaired) electrons. The Hall–Kier alpha value is -3.54. The van der Waals surface area contributed by atoms with Crippen LogP contribution in [0.3, 0.4) is 0 Å². The fourth-order valence-corrected chi connectivity index (χ4v) is 3.19. The van der Waals surface area contributed by atoms with Crippen LogP contribution in [0.2, 0.25) is 0 Å². The van der Waals surface area contributed by atoms with E-state index in [9.17, 15) is 4.39 Å². The molecule has 0 spiro atoms. The Morgan fingerprint density at radius 1 is 1.03 bits per heavy atom. The quantitative estimate of drug-likeness (QED) is 0.484. The summed E-state index contributed by atoms with van der Waals surface area (Å²) < 4.78 is 20.4. The highest BCUT2D eigenvalue weighted by Gasteiger charge is 2.16. The van der Waals surface area contributed by atoms with Gasteiger partial charge in [-0.1, -0.05) is 25.1 Å². The van der Waals surface area contributed by atoms with Crippen molar-refractivity contribution in [2.24, 2.45) is 0 Å². The highest BCUT2D eigenvalue weighted by Crippen LogP contribution is 2.36. The zero-order valence-electron chi connectivity index (χ0n) is 16.3. The van der Waals surface area contributed by atoms with Crippen LogP contribution in [0.5, 0.6) is 5.75 Å². The van der Waals surface area contributed by atoms with E-state index in [1.165, 1.54) is 6.07 Å². The fraction of sp³-hybridized carbons (Fsp3) is 0.174. The fourth-order valence-electron chi connectivity index (χ4n) is 3.19. The van der Waals surface area contributed by atoms with Gasteiger partial charge < -0.3 is 10.1 Å². The van der Waals surface area contributed by atoms with Gasteiger partial charge in [-0.05, 0) is 42.3 Å². The van der Waals surface area contributed by atoms with Gasteiger partial charge in [0.1, 0.15) is 22.9 Å². The molecule has 146 valence electrons. The maximum absolute atomic E-state index is 14.4. The van der Waals surface area contributed by atoms with Crippen LogP contribution in [0.15, 0.2) is 60.9 Å². The molecule has 0 unspecified atom stereocenters. The third-order valence-electron chi connectivity index (χ3n) is 4.57. The van der Waals surface area contributed by atoms with Gasteiger partial charge in [0.15, 0.2) is 5.82 Å².